The van der Waals surface area contributed by atoms with E-state index in [2.05, 4.69) is 15.2 Å². The number of halogens is 1. The fourth-order valence-corrected chi connectivity index (χ4v) is 2.47. The predicted octanol–water partition coefficient (Wildman–Crippen LogP) is 3.56. The topological polar surface area (TPSA) is 50.8 Å². The summed E-state index contributed by atoms with van der Waals surface area (Å²) in [6.45, 7) is 2.37. The first kappa shape index (κ1) is 11.5. The van der Waals surface area contributed by atoms with Crippen LogP contribution in [0.2, 0.25) is 5.02 Å². The molecule has 1 N–H and O–H groups in total. The van der Waals surface area contributed by atoms with Gasteiger partial charge in [0.15, 0.2) is 0 Å². The summed E-state index contributed by atoms with van der Waals surface area (Å²) in [5.74, 6) is 0.628. The standard InChI is InChI=1S/C12H10ClN3OS/c1-7-9-2-10(13)12(3-11(9)16-15-7)17-4-8-5-18-6-14-8/h2-3,5-6H,4H2,1H3,(H,15,16). The van der Waals surface area contributed by atoms with Gasteiger partial charge in [-0.25, -0.2) is 4.98 Å². The normalized spacial score (nSPS) is 11.0. The number of nitrogens with one attached hydrogen (secondary N) is 1. The quantitative estimate of drug-likeness (QED) is 0.797. The molecule has 0 aliphatic carbocycles. The second-order valence-electron chi connectivity index (χ2n) is 3.92. The third-order valence-electron chi connectivity index (χ3n) is 2.66. The molecule has 92 valence electrons. The molecule has 0 aliphatic rings. The Balaban J connectivity index is 1.89. The van der Waals surface area contributed by atoms with Crippen molar-refractivity contribution in [3.8, 4) is 5.75 Å². The smallest absolute Gasteiger partial charge is 0.140 e. The number of rotatable bonds is 3. The number of ether oxygens (including phenoxy) is 1. The minimum absolute atomic E-state index is 0.415. The summed E-state index contributed by atoms with van der Waals surface area (Å²) in [7, 11) is 0. The van der Waals surface area contributed by atoms with Gasteiger partial charge in [-0.1, -0.05) is 11.6 Å². The number of fused-ring (bicyclic) bond motifs is 1. The zero-order chi connectivity index (χ0) is 12.5. The van der Waals surface area contributed by atoms with Crippen LogP contribution in [0.25, 0.3) is 10.9 Å². The van der Waals surface area contributed by atoms with Crippen molar-refractivity contribution in [1.29, 1.82) is 0 Å². The molecule has 18 heavy (non-hydrogen) atoms. The number of aromatic nitrogens is 3. The first-order valence-corrected chi connectivity index (χ1v) is 6.70. The van der Waals surface area contributed by atoms with Crippen LogP contribution in [0.3, 0.4) is 0 Å². The van der Waals surface area contributed by atoms with E-state index in [1.54, 1.807) is 16.8 Å². The van der Waals surface area contributed by atoms with E-state index in [4.69, 9.17) is 16.3 Å². The maximum Gasteiger partial charge on any atom is 0.140 e. The predicted molar refractivity (Wildman–Crippen MR) is 72.3 cm³/mol. The van der Waals surface area contributed by atoms with Gasteiger partial charge in [0.1, 0.15) is 12.4 Å². The third-order valence-corrected chi connectivity index (χ3v) is 3.59. The van der Waals surface area contributed by atoms with Crippen molar-refractivity contribution in [2.75, 3.05) is 0 Å². The summed E-state index contributed by atoms with van der Waals surface area (Å²) in [5.41, 5.74) is 4.53. The highest BCUT2D eigenvalue weighted by Gasteiger charge is 2.09. The van der Waals surface area contributed by atoms with Crippen molar-refractivity contribution >= 4 is 33.8 Å². The molecule has 0 radical (unpaired) electrons. The van der Waals surface area contributed by atoms with E-state index in [9.17, 15) is 0 Å². The van der Waals surface area contributed by atoms with E-state index >= 15 is 0 Å². The molecule has 0 atom stereocenters. The summed E-state index contributed by atoms with van der Waals surface area (Å²) >= 11 is 7.73. The zero-order valence-electron chi connectivity index (χ0n) is 9.61. The summed E-state index contributed by atoms with van der Waals surface area (Å²) < 4.78 is 5.66. The van der Waals surface area contributed by atoms with E-state index < -0.39 is 0 Å². The first-order chi connectivity index (χ1) is 8.74. The maximum atomic E-state index is 6.19. The van der Waals surface area contributed by atoms with Crippen LogP contribution in [0.5, 0.6) is 5.75 Å². The molecule has 1 aromatic carbocycles. The van der Waals surface area contributed by atoms with Crippen LogP contribution in [0.1, 0.15) is 11.4 Å². The largest absolute Gasteiger partial charge is 0.486 e. The molecule has 0 aliphatic heterocycles. The van der Waals surface area contributed by atoms with Crippen LogP contribution in [0.15, 0.2) is 23.0 Å². The van der Waals surface area contributed by atoms with E-state index in [1.165, 1.54) is 0 Å². The van der Waals surface area contributed by atoms with E-state index in [1.807, 2.05) is 24.4 Å². The molecular formula is C12H10ClN3OS. The molecular weight excluding hydrogens is 270 g/mol. The molecule has 0 unspecified atom stereocenters. The average Bonchev–Trinajstić information content (AvgIpc) is 2.98. The molecule has 4 nitrogen and oxygen atoms in total. The SMILES string of the molecule is Cc1[nH]nc2cc(OCc3cscn3)c(Cl)cc12. The van der Waals surface area contributed by atoms with Gasteiger partial charge in [-0.15, -0.1) is 11.3 Å². The van der Waals surface area contributed by atoms with E-state index in [0.29, 0.717) is 17.4 Å². The zero-order valence-corrected chi connectivity index (χ0v) is 11.2. The average molecular weight is 280 g/mol. The number of hydrogen-bond acceptors (Lipinski definition) is 4. The summed E-state index contributed by atoms with van der Waals surface area (Å²) in [6, 6.07) is 3.71. The van der Waals surface area contributed by atoms with Crippen LogP contribution < -0.4 is 4.74 Å². The molecule has 0 bridgehead atoms. The van der Waals surface area contributed by atoms with Crippen LogP contribution >= 0.6 is 22.9 Å². The van der Waals surface area contributed by atoms with Gasteiger partial charge in [0.05, 0.1) is 21.7 Å². The molecule has 2 aromatic heterocycles. The molecule has 0 fully saturated rings. The van der Waals surface area contributed by atoms with Crippen molar-refractivity contribution in [3.63, 3.8) is 0 Å². The summed E-state index contributed by atoms with van der Waals surface area (Å²) in [4.78, 5) is 4.16. The molecule has 6 heteroatoms. The lowest BCUT2D eigenvalue weighted by atomic mass is 10.2. The van der Waals surface area contributed by atoms with Gasteiger partial charge >= 0.3 is 0 Å². The number of aryl methyl sites for hydroxylation is 1. The van der Waals surface area contributed by atoms with E-state index in [-0.39, 0.29) is 0 Å². The highest BCUT2D eigenvalue weighted by molar-refractivity contribution is 7.07. The molecule has 0 saturated heterocycles. The Morgan fingerprint density at radius 1 is 1.44 bits per heavy atom. The minimum atomic E-state index is 0.415. The number of thiazole rings is 1. The Morgan fingerprint density at radius 2 is 2.33 bits per heavy atom. The molecule has 0 amide bonds. The Hall–Kier alpha value is -1.59. The third kappa shape index (κ3) is 2.07. The van der Waals surface area contributed by atoms with Gasteiger partial charge in [-0.2, -0.15) is 5.10 Å². The number of aromatic amines is 1. The lowest BCUT2D eigenvalue weighted by Crippen LogP contribution is -1.96. The van der Waals surface area contributed by atoms with Gasteiger partial charge in [0, 0.05) is 22.5 Å². The Kier molecular flexibility index (Phi) is 2.93. The highest BCUT2D eigenvalue weighted by atomic mass is 35.5. The number of nitrogens with zero attached hydrogens (tertiary/aromatic N) is 2. The van der Waals surface area contributed by atoms with Crippen LogP contribution in [0.4, 0.5) is 0 Å². The summed E-state index contributed by atoms with van der Waals surface area (Å²) in [5, 5.41) is 10.7. The number of benzene rings is 1. The van der Waals surface area contributed by atoms with Gasteiger partial charge in [-0.05, 0) is 13.0 Å². The summed E-state index contributed by atoms with van der Waals surface area (Å²) in [6.07, 6.45) is 0. The fourth-order valence-electron chi connectivity index (χ4n) is 1.71. The molecule has 3 aromatic rings. The second-order valence-corrected chi connectivity index (χ2v) is 5.04. The lowest BCUT2D eigenvalue weighted by molar-refractivity contribution is 0.302. The minimum Gasteiger partial charge on any atom is -0.486 e. The maximum absolute atomic E-state index is 6.19. The molecule has 2 heterocycles. The van der Waals surface area contributed by atoms with Crippen molar-refractivity contribution in [1.82, 2.24) is 15.2 Å². The molecule has 3 rings (SSSR count). The Bertz CT molecular complexity index is 678. The van der Waals surface area contributed by atoms with Gasteiger partial charge in [-0.3, -0.25) is 5.10 Å². The van der Waals surface area contributed by atoms with Crippen molar-refractivity contribution in [2.45, 2.75) is 13.5 Å². The van der Waals surface area contributed by atoms with E-state index in [0.717, 1.165) is 22.3 Å². The van der Waals surface area contributed by atoms with Gasteiger partial charge < -0.3 is 4.74 Å². The Morgan fingerprint density at radius 3 is 3.11 bits per heavy atom. The van der Waals surface area contributed by atoms with Gasteiger partial charge in [0.25, 0.3) is 0 Å². The van der Waals surface area contributed by atoms with Crippen molar-refractivity contribution in [2.24, 2.45) is 0 Å². The van der Waals surface area contributed by atoms with Crippen molar-refractivity contribution in [3.05, 3.63) is 39.4 Å². The fraction of sp³-hybridized carbons (Fsp3) is 0.167. The Labute approximate surface area is 113 Å². The second kappa shape index (κ2) is 4.59. The first-order valence-electron chi connectivity index (χ1n) is 5.38. The van der Waals surface area contributed by atoms with Crippen LogP contribution in [-0.4, -0.2) is 15.2 Å². The van der Waals surface area contributed by atoms with Crippen LogP contribution in [0, 0.1) is 6.92 Å². The lowest BCUT2D eigenvalue weighted by Gasteiger charge is -2.06. The number of hydrogen-bond donors (Lipinski definition) is 1. The van der Waals surface area contributed by atoms with Crippen LogP contribution in [-0.2, 0) is 6.61 Å². The van der Waals surface area contributed by atoms with Crippen molar-refractivity contribution < 1.29 is 4.74 Å². The highest BCUT2D eigenvalue weighted by Crippen LogP contribution is 2.30. The molecule has 0 saturated carbocycles. The molecule has 0 spiro atoms. The number of H-pyrrole nitrogens is 1. The monoisotopic (exact) mass is 279 g/mol. The van der Waals surface area contributed by atoms with Gasteiger partial charge in [0.2, 0.25) is 0 Å².